The van der Waals surface area contributed by atoms with E-state index in [1.165, 1.54) is 30.6 Å². The van der Waals surface area contributed by atoms with E-state index in [-0.39, 0.29) is 17.7 Å². The number of aromatic nitrogens is 1. The molecule has 0 amide bonds. The largest absolute Gasteiger partial charge is 0.341 e. The first-order valence-corrected chi connectivity index (χ1v) is 14.4. The van der Waals surface area contributed by atoms with Crippen molar-refractivity contribution < 1.29 is 14.4 Å². The number of thiophene rings is 1. The molecule has 190 valence electrons. The monoisotopic (exact) mass is 512 g/mol. The van der Waals surface area contributed by atoms with Gasteiger partial charge < -0.3 is 9.40 Å². The molecule has 0 radical (unpaired) electrons. The van der Waals surface area contributed by atoms with E-state index < -0.39 is 0 Å². The third-order valence-electron chi connectivity index (χ3n) is 7.88. The Morgan fingerprint density at radius 2 is 1.65 bits per heavy atom. The van der Waals surface area contributed by atoms with Crippen LogP contribution in [0.3, 0.4) is 0 Å². The zero-order chi connectivity index (χ0) is 25.4. The lowest BCUT2D eigenvalue weighted by molar-refractivity contribution is -0.149. The standard InChI is InChI=1S/C31H32N2O3S/c1-2-33-27-14-12-22(26(17-20-10-11-20)32-36-31(35)21-7-4-3-5-8-21)18-24(27)25-19-23(13-15-28(25)33)30(34)29-9-6-16-37-29/h6,9,12-16,18-21H,2-5,7-8,10-11,17H2,1H3/b32-26+. The van der Waals surface area contributed by atoms with Crippen LogP contribution in [0.5, 0.6) is 0 Å². The van der Waals surface area contributed by atoms with Crippen molar-refractivity contribution >= 4 is 50.6 Å². The Morgan fingerprint density at radius 1 is 0.946 bits per heavy atom. The molecule has 0 aliphatic heterocycles. The van der Waals surface area contributed by atoms with E-state index in [1.54, 1.807) is 0 Å². The summed E-state index contributed by atoms with van der Waals surface area (Å²) in [6.07, 6.45) is 8.40. The average molecular weight is 513 g/mol. The van der Waals surface area contributed by atoms with Gasteiger partial charge in [0.15, 0.2) is 0 Å². The maximum absolute atomic E-state index is 13.1. The fraction of sp³-hybridized carbons (Fsp3) is 0.387. The number of nitrogens with zero attached hydrogens (tertiary/aromatic N) is 2. The molecule has 6 rings (SSSR count). The first kappa shape index (κ1) is 24.1. The third kappa shape index (κ3) is 4.87. The Morgan fingerprint density at radius 3 is 2.30 bits per heavy atom. The van der Waals surface area contributed by atoms with Crippen LogP contribution in [0.15, 0.2) is 59.1 Å². The Kier molecular flexibility index (Phi) is 6.68. The van der Waals surface area contributed by atoms with Gasteiger partial charge in [-0.3, -0.25) is 4.79 Å². The molecule has 2 aromatic heterocycles. The van der Waals surface area contributed by atoms with Crippen molar-refractivity contribution in [2.24, 2.45) is 17.0 Å². The van der Waals surface area contributed by atoms with E-state index in [1.807, 2.05) is 29.6 Å². The lowest BCUT2D eigenvalue weighted by atomic mass is 9.89. The van der Waals surface area contributed by atoms with E-state index >= 15 is 0 Å². The Hall–Kier alpha value is -3.25. The zero-order valence-electron chi connectivity index (χ0n) is 21.2. The quantitative estimate of drug-likeness (QED) is 0.105. The summed E-state index contributed by atoms with van der Waals surface area (Å²) in [5.41, 5.74) is 4.77. The molecule has 6 heteroatoms. The van der Waals surface area contributed by atoms with Crippen LogP contribution >= 0.6 is 11.3 Å². The fourth-order valence-corrected chi connectivity index (χ4v) is 6.32. The summed E-state index contributed by atoms with van der Waals surface area (Å²) in [6, 6.07) is 16.2. The number of hydrogen-bond acceptors (Lipinski definition) is 5. The minimum atomic E-state index is -0.187. The minimum absolute atomic E-state index is 0.0241. The maximum Gasteiger partial charge on any atom is 0.338 e. The number of hydrogen-bond donors (Lipinski definition) is 0. The molecule has 5 nitrogen and oxygen atoms in total. The number of benzene rings is 2. The number of oxime groups is 1. The molecule has 4 aromatic rings. The molecular formula is C31H32N2O3S. The number of aryl methyl sites for hydroxylation is 1. The van der Waals surface area contributed by atoms with Crippen molar-refractivity contribution in [2.45, 2.75) is 64.8 Å². The second kappa shape index (κ2) is 10.3. The van der Waals surface area contributed by atoms with Gasteiger partial charge in [-0.05, 0) is 86.7 Å². The molecule has 0 saturated heterocycles. The van der Waals surface area contributed by atoms with E-state index in [2.05, 4.69) is 40.9 Å². The predicted octanol–water partition coefficient (Wildman–Crippen LogP) is 7.73. The summed E-state index contributed by atoms with van der Waals surface area (Å²) in [4.78, 5) is 32.1. The van der Waals surface area contributed by atoms with Crippen LogP contribution < -0.4 is 0 Å². The molecule has 2 saturated carbocycles. The van der Waals surface area contributed by atoms with Crippen molar-refractivity contribution in [2.75, 3.05) is 0 Å². The lowest BCUT2D eigenvalue weighted by Crippen LogP contribution is -2.19. The molecule has 0 spiro atoms. The van der Waals surface area contributed by atoms with Gasteiger partial charge in [0, 0.05) is 39.5 Å². The fourth-order valence-electron chi connectivity index (χ4n) is 5.63. The number of rotatable bonds is 8. The molecule has 2 aliphatic rings. The van der Waals surface area contributed by atoms with Crippen molar-refractivity contribution in [3.05, 3.63) is 69.9 Å². The Bertz CT molecular complexity index is 1490. The summed E-state index contributed by atoms with van der Waals surface area (Å²) in [5, 5.41) is 8.54. The number of carbonyl (C=O) groups is 2. The summed E-state index contributed by atoms with van der Waals surface area (Å²) in [6.45, 7) is 2.97. The normalized spacial score (nSPS) is 16.9. The van der Waals surface area contributed by atoms with Gasteiger partial charge in [-0.1, -0.05) is 36.6 Å². The highest BCUT2D eigenvalue weighted by atomic mass is 32.1. The van der Waals surface area contributed by atoms with Crippen LogP contribution in [0.4, 0.5) is 0 Å². The van der Waals surface area contributed by atoms with Gasteiger partial charge in [-0.25, -0.2) is 4.79 Å². The molecule has 2 aliphatic carbocycles. The minimum Gasteiger partial charge on any atom is -0.341 e. The third-order valence-corrected chi connectivity index (χ3v) is 8.75. The highest BCUT2D eigenvalue weighted by Crippen LogP contribution is 2.36. The molecule has 37 heavy (non-hydrogen) atoms. The van der Waals surface area contributed by atoms with Gasteiger partial charge >= 0.3 is 5.97 Å². The van der Waals surface area contributed by atoms with E-state index in [9.17, 15) is 9.59 Å². The smallest absolute Gasteiger partial charge is 0.338 e. The first-order chi connectivity index (χ1) is 18.1. The molecule has 2 aromatic carbocycles. The van der Waals surface area contributed by atoms with Gasteiger partial charge in [-0.15, -0.1) is 11.3 Å². The Balaban J connectivity index is 1.39. The maximum atomic E-state index is 13.1. The van der Waals surface area contributed by atoms with Crippen molar-refractivity contribution in [3.8, 4) is 0 Å². The Labute approximate surface area is 221 Å². The van der Waals surface area contributed by atoms with Crippen LogP contribution in [0.2, 0.25) is 0 Å². The second-order valence-corrected chi connectivity index (χ2v) is 11.4. The highest BCUT2D eigenvalue weighted by Gasteiger charge is 2.27. The van der Waals surface area contributed by atoms with E-state index in [0.717, 1.165) is 76.6 Å². The van der Waals surface area contributed by atoms with Crippen LogP contribution in [0.1, 0.15) is 79.1 Å². The number of fused-ring (bicyclic) bond motifs is 3. The molecule has 2 heterocycles. The zero-order valence-corrected chi connectivity index (χ0v) is 22.1. The number of carbonyl (C=O) groups excluding carboxylic acids is 2. The van der Waals surface area contributed by atoms with Crippen molar-refractivity contribution in [1.82, 2.24) is 4.57 Å². The summed E-state index contributed by atoms with van der Waals surface area (Å²) in [5.74, 6) is 0.447. The lowest BCUT2D eigenvalue weighted by Gasteiger charge is -2.18. The molecular weight excluding hydrogens is 480 g/mol. The summed E-state index contributed by atoms with van der Waals surface area (Å²) in [7, 11) is 0. The van der Waals surface area contributed by atoms with Crippen LogP contribution in [-0.4, -0.2) is 22.0 Å². The van der Waals surface area contributed by atoms with Gasteiger partial charge in [0.1, 0.15) is 0 Å². The molecule has 0 N–H and O–H groups in total. The van der Waals surface area contributed by atoms with E-state index in [4.69, 9.17) is 4.84 Å². The second-order valence-electron chi connectivity index (χ2n) is 10.4. The van der Waals surface area contributed by atoms with Gasteiger partial charge in [0.25, 0.3) is 0 Å². The van der Waals surface area contributed by atoms with Crippen LogP contribution in [0.25, 0.3) is 21.8 Å². The SMILES string of the molecule is CCn1c2ccc(C(=O)c3cccs3)cc2c2cc(/C(CC3CC3)=N/OC(=O)C3CCCCC3)ccc21. The molecule has 2 fully saturated rings. The van der Waals surface area contributed by atoms with Crippen molar-refractivity contribution in [1.29, 1.82) is 0 Å². The molecule has 0 atom stereocenters. The number of ketones is 1. The topological polar surface area (TPSA) is 60.7 Å². The summed E-state index contributed by atoms with van der Waals surface area (Å²) >= 11 is 1.47. The molecule has 0 bridgehead atoms. The summed E-state index contributed by atoms with van der Waals surface area (Å²) < 4.78 is 2.29. The van der Waals surface area contributed by atoms with Gasteiger partial charge in [-0.2, -0.15) is 0 Å². The predicted molar refractivity (Wildman–Crippen MR) is 149 cm³/mol. The van der Waals surface area contributed by atoms with E-state index in [0.29, 0.717) is 11.5 Å². The van der Waals surface area contributed by atoms with Crippen molar-refractivity contribution in [3.63, 3.8) is 0 Å². The highest BCUT2D eigenvalue weighted by molar-refractivity contribution is 7.12. The average Bonchev–Trinajstić information content (AvgIpc) is 3.48. The van der Waals surface area contributed by atoms with Gasteiger partial charge in [0.05, 0.1) is 16.5 Å². The van der Waals surface area contributed by atoms with Crippen LogP contribution in [-0.2, 0) is 16.2 Å². The van der Waals surface area contributed by atoms with Crippen LogP contribution in [0, 0.1) is 11.8 Å². The van der Waals surface area contributed by atoms with Gasteiger partial charge in [0.2, 0.25) is 5.78 Å². The first-order valence-electron chi connectivity index (χ1n) is 13.5. The molecule has 0 unspecified atom stereocenters.